The van der Waals surface area contributed by atoms with Crippen molar-refractivity contribution in [2.24, 2.45) is 10.8 Å². The van der Waals surface area contributed by atoms with Gasteiger partial charge >= 0.3 is 6.18 Å². The second-order valence-electron chi connectivity index (χ2n) is 5.43. The maximum atomic E-state index is 12.1. The van der Waals surface area contributed by atoms with Gasteiger partial charge < -0.3 is 10.1 Å². The van der Waals surface area contributed by atoms with E-state index in [1.165, 1.54) is 0 Å². The van der Waals surface area contributed by atoms with Crippen LogP contribution in [0.3, 0.4) is 0 Å². The molecule has 1 aliphatic rings. The lowest BCUT2D eigenvalue weighted by atomic mass is 9.65. The molecule has 3 nitrogen and oxygen atoms in total. The fraction of sp³-hybridized carbons (Fsp3) is 0.909. The van der Waals surface area contributed by atoms with Gasteiger partial charge in [0.25, 0.3) is 0 Å². The fourth-order valence-electron chi connectivity index (χ4n) is 2.03. The van der Waals surface area contributed by atoms with Crippen molar-refractivity contribution in [1.29, 1.82) is 0 Å². The van der Waals surface area contributed by atoms with Gasteiger partial charge in [0.15, 0.2) is 0 Å². The van der Waals surface area contributed by atoms with E-state index in [2.05, 4.69) is 0 Å². The normalized spacial score (nSPS) is 26.0. The summed E-state index contributed by atoms with van der Waals surface area (Å²) in [5.41, 5.74) is -1.29. The van der Waals surface area contributed by atoms with Crippen LogP contribution in [0.1, 0.15) is 27.2 Å². The molecule has 1 heterocycles. The molecule has 0 aromatic carbocycles. The number of carbonyl (C=O) groups is 1. The van der Waals surface area contributed by atoms with Crippen LogP contribution < -0.4 is 5.32 Å². The third-order valence-electron chi connectivity index (χ3n) is 3.34. The number of alkyl halides is 3. The molecule has 0 aromatic rings. The topological polar surface area (TPSA) is 38.3 Å². The molecule has 1 saturated heterocycles. The van der Waals surface area contributed by atoms with Gasteiger partial charge in [0.1, 0.15) is 6.54 Å². The van der Waals surface area contributed by atoms with Gasteiger partial charge in [-0.15, -0.1) is 0 Å². The Balaban J connectivity index is 2.76. The minimum atomic E-state index is -4.38. The van der Waals surface area contributed by atoms with Gasteiger partial charge in [-0.25, -0.2) is 0 Å². The lowest BCUT2D eigenvalue weighted by molar-refractivity contribution is -0.149. The van der Waals surface area contributed by atoms with Crippen LogP contribution in [-0.4, -0.2) is 31.8 Å². The van der Waals surface area contributed by atoms with Crippen molar-refractivity contribution >= 4 is 5.91 Å². The minimum absolute atomic E-state index is 0.181. The predicted molar refractivity (Wildman–Crippen MR) is 56.4 cm³/mol. The highest BCUT2D eigenvalue weighted by Gasteiger charge is 2.51. The van der Waals surface area contributed by atoms with E-state index in [1.54, 1.807) is 0 Å². The molecule has 0 aromatic heterocycles. The number of nitrogens with one attached hydrogen (secondary N) is 1. The second kappa shape index (κ2) is 4.48. The SMILES string of the molecule is CC(C)(C)C1(C(=O)NCC(F)(F)F)CCOC1. The highest BCUT2D eigenvalue weighted by molar-refractivity contribution is 5.84. The van der Waals surface area contributed by atoms with Crippen LogP contribution in [0.25, 0.3) is 0 Å². The lowest BCUT2D eigenvalue weighted by Gasteiger charge is -2.39. The van der Waals surface area contributed by atoms with Crippen molar-refractivity contribution in [1.82, 2.24) is 5.32 Å². The van der Waals surface area contributed by atoms with Crippen molar-refractivity contribution < 1.29 is 22.7 Å². The summed E-state index contributed by atoms with van der Waals surface area (Å²) in [6.45, 7) is 4.83. The molecule has 1 rings (SSSR count). The van der Waals surface area contributed by atoms with Gasteiger partial charge in [-0.05, 0) is 11.8 Å². The number of carbonyl (C=O) groups excluding carboxylic acids is 1. The molecule has 17 heavy (non-hydrogen) atoms. The molecule has 1 unspecified atom stereocenters. The van der Waals surface area contributed by atoms with Crippen molar-refractivity contribution in [2.45, 2.75) is 33.4 Å². The highest BCUT2D eigenvalue weighted by atomic mass is 19.4. The number of amides is 1. The summed E-state index contributed by atoms with van der Waals surface area (Å²) in [5.74, 6) is -0.570. The number of halogens is 3. The van der Waals surface area contributed by atoms with E-state index in [0.717, 1.165) is 0 Å². The molecule has 0 aliphatic carbocycles. The van der Waals surface area contributed by atoms with E-state index < -0.39 is 29.5 Å². The van der Waals surface area contributed by atoms with E-state index in [4.69, 9.17) is 4.74 Å². The third kappa shape index (κ3) is 3.12. The smallest absolute Gasteiger partial charge is 0.380 e. The predicted octanol–water partition coefficient (Wildman–Crippen LogP) is 2.12. The molecule has 0 bridgehead atoms. The van der Waals surface area contributed by atoms with Crippen molar-refractivity contribution in [2.75, 3.05) is 19.8 Å². The van der Waals surface area contributed by atoms with E-state index in [-0.39, 0.29) is 6.61 Å². The Kier molecular flexibility index (Phi) is 3.76. The molecular weight excluding hydrogens is 235 g/mol. The molecule has 1 fully saturated rings. The number of hydrogen-bond donors (Lipinski definition) is 1. The molecule has 100 valence electrons. The summed E-state index contributed by atoms with van der Waals surface area (Å²) < 4.78 is 41.4. The van der Waals surface area contributed by atoms with Gasteiger partial charge in [0.2, 0.25) is 5.91 Å². The standard InChI is InChI=1S/C11H18F3NO2/c1-9(2,3)10(4-5-17-7-10)8(16)15-6-11(12,13)14/h4-7H2,1-3H3,(H,15,16). The fourth-order valence-corrected chi connectivity index (χ4v) is 2.03. The van der Waals surface area contributed by atoms with Gasteiger partial charge in [-0.1, -0.05) is 20.8 Å². The zero-order valence-corrected chi connectivity index (χ0v) is 10.3. The summed E-state index contributed by atoms with van der Waals surface area (Å²) in [6, 6.07) is 0. The molecule has 1 amide bonds. The van der Waals surface area contributed by atoms with E-state index in [1.807, 2.05) is 26.1 Å². The molecule has 6 heteroatoms. The Labute approximate surface area is 98.7 Å². The first-order valence-corrected chi connectivity index (χ1v) is 5.51. The van der Waals surface area contributed by atoms with Crippen LogP contribution in [0.2, 0.25) is 0 Å². The quantitative estimate of drug-likeness (QED) is 0.818. The van der Waals surface area contributed by atoms with Gasteiger partial charge in [-0.3, -0.25) is 4.79 Å². The second-order valence-corrected chi connectivity index (χ2v) is 5.43. The van der Waals surface area contributed by atoms with Gasteiger partial charge in [0.05, 0.1) is 12.0 Å². The highest BCUT2D eigenvalue weighted by Crippen LogP contribution is 2.45. The van der Waals surface area contributed by atoms with Gasteiger partial charge in [0, 0.05) is 6.61 Å². The Hall–Kier alpha value is -0.780. The largest absolute Gasteiger partial charge is 0.405 e. The Morgan fingerprint density at radius 2 is 1.94 bits per heavy atom. The van der Waals surface area contributed by atoms with Crippen LogP contribution in [0, 0.1) is 10.8 Å². The third-order valence-corrected chi connectivity index (χ3v) is 3.34. The Bertz CT molecular complexity index is 288. The molecule has 1 N–H and O–H groups in total. The molecule has 0 spiro atoms. The number of ether oxygens (including phenoxy) is 1. The zero-order chi connectivity index (χ0) is 13.3. The van der Waals surface area contributed by atoms with Crippen molar-refractivity contribution in [3.05, 3.63) is 0 Å². The van der Waals surface area contributed by atoms with Crippen LogP contribution >= 0.6 is 0 Å². The molecule has 0 saturated carbocycles. The van der Waals surface area contributed by atoms with Crippen LogP contribution in [0.15, 0.2) is 0 Å². The summed E-state index contributed by atoms with van der Waals surface area (Å²) in [6.07, 6.45) is -3.92. The lowest BCUT2D eigenvalue weighted by Crippen LogP contribution is -2.51. The monoisotopic (exact) mass is 253 g/mol. The minimum Gasteiger partial charge on any atom is -0.380 e. The summed E-state index contributed by atoms with van der Waals surface area (Å²) in [5, 5.41) is 1.97. The van der Waals surface area contributed by atoms with E-state index in [9.17, 15) is 18.0 Å². The van der Waals surface area contributed by atoms with Crippen LogP contribution in [0.4, 0.5) is 13.2 Å². The van der Waals surface area contributed by atoms with Gasteiger partial charge in [-0.2, -0.15) is 13.2 Å². The Morgan fingerprint density at radius 1 is 1.35 bits per heavy atom. The maximum Gasteiger partial charge on any atom is 0.405 e. The Morgan fingerprint density at radius 3 is 2.29 bits per heavy atom. The molecule has 1 aliphatic heterocycles. The first kappa shape index (κ1) is 14.3. The maximum absolute atomic E-state index is 12.1. The molecule has 1 atom stereocenters. The first-order chi connectivity index (χ1) is 7.58. The average Bonchev–Trinajstić information content (AvgIpc) is 2.61. The molecular formula is C11H18F3NO2. The summed E-state index contributed by atoms with van der Waals surface area (Å²) in [4.78, 5) is 12.0. The van der Waals surface area contributed by atoms with Crippen LogP contribution in [-0.2, 0) is 9.53 Å². The van der Waals surface area contributed by atoms with Crippen molar-refractivity contribution in [3.63, 3.8) is 0 Å². The molecule has 0 radical (unpaired) electrons. The number of hydrogen-bond acceptors (Lipinski definition) is 2. The first-order valence-electron chi connectivity index (χ1n) is 5.51. The summed E-state index contributed by atoms with van der Waals surface area (Å²) in [7, 11) is 0. The summed E-state index contributed by atoms with van der Waals surface area (Å²) >= 11 is 0. The van der Waals surface area contributed by atoms with E-state index >= 15 is 0 Å². The number of rotatable bonds is 2. The van der Waals surface area contributed by atoms with E-state index in [0.29, 0.717) is 13.0 Å². The zero-order valence-electron chi connectivity index (χ0n) is 10.3. The van der Waals surface area contributed by atoms with Crippen LogP contribution in [0.5, 0.6) is 0 Å². The van der Waals surface area contributed by atoms with Crippen molar-refractivity contribution in [3.8, 4) is 0 Å². The average molecular weight is 253 g/mol.